The summed E-state index contributed by atoms with van der Waals surface area (Å²) >= 11 is 0. The second-order valence-corrected chi connectivity index (χ2v) is 3.00. The minimum atomic E-state index is 0.624. The van der Waals surface area contributed by atoms with Crippen LogP contribution in [-0.2, 0) is 9.53 Å². The van der Waals surface area contributed by atoms with E-state index in [-0.39, 0.29) is 0 Å². The van der Waals surface area contributed by atoms with Crippen LogP contribution in [0.15, 0.2) is 4.99 Å². The molecule has 0 aliphatic rings. The molecule has 0 spiro atoms. The molecule has 0 aliphatic heterocycles. The van der Waals surface area contributed by atoms with Crippen LogP contribution < -0.4 is 0 Å². The van der Waals surface area contributed by atoms with Gasteiger partial charge in [0.2, 0.25) is 6.08 Å². The zero-order valence-corrected chi connectivity index (χ0v) is 8.42. The fraction of sp³-hybridized carbons (Fsp3) is 0.900. The van der Waals surface area contributed by atoms with Gasteiger partial charge in [0.05, 0.1) is 6.54 Å². The van der Waals surface area contributed by atoms with Crippen molar-refractivity contribution in [3.63, 3.8) is 0 Å². The molecule has 0 fully saturated rings. The maximum Gasteiger partial charge on any atom is 0.234 e. The molecule has 0 unspecified atom stereocenters. The number of unbranched alkanes of at least 4 members (excludes halogenated alkanes) is 3. The summed E-state index contributed by atoms with van der Waals surface area (Å²) < 4.78 is 5.32. The molecule has 0 aromatic heterocycles. The third-order valence-electron chi connectivity index (χ3n) is 1.72. The van der Waals surface area contributed by atoms with E-state index >= 15 is 0 Å². The minimum Gasteiger partial charge on any atom is -0.381 e. The molecule has 0 aromatic rings. The molecule has 0 N–H and O–H groups in total. The molecule has 76 valence electrons. The van der Waals surface area contributed by atoms with Gasteiger partial charge in [-0.05, 0) is 19.3 Å². The summed E-state index contributed by atoms with van der Waals surface area (Å²) in [6.07, 6.45) is 7.02. The first-order valence-corrected chi connectivity index (χ1v) is 5.03. The van der Waals surface area contributed by atoms with Crippen molar-refractivity contribution in [3.8, 4) is 0 Å². The molecule has 0 rings (SSSR count). The molecule has 0 aliphatic carbocycles. The lowest BCUT2D eigenvalue weighted by Gasteiger charge is -2.01. The number of isocyanates is 1. The number of rotatable bonds is 9. The van der Waals surface area contributed by atoms with Crippen molar-refractivity contribution in [1.29, 1.82) is 0 Å². The highest BCUT2D eigenvalue weighted by Gasteiger charge is 1.89. The van der Waals surface area contributed by atoms with Gasteiger partial charge in [-0.1, -0.05) is 19.8 Å². The first-order valence-electron chi connectivity index (χ1n) is 5.03. The quantitative estimate of drug-likeness (QED) is 0.314. The summed E-state index contributed by atoms with van der Waals surface area (Å²) in [5.74, 6) is 0. The average Bonchev–Trinajstić information content (AvgIpc) is 2.16. The van der Waals surface area contributed by atoms with E-state index in [0.717, 1.165) is 45.3 Å². The average molecular weight is 185 g/mol. The molecular weight excluding hydrogens is 166 g/mol. The van der Waals surface area contributed by atoms with Crippen molar-refractivity contribution in [3.05, 3.63) is 0 Å². The van der Waals surface area contributed by atoms with Crippen LogP contribution in [0.5, 0.6) is 0 Å². The van der Waals surface area contributed by atoms with Gasteiger partial charge < -0.3 is 4.74 Å². The molecule has 13 heavy (non-hydrogen) atoms. The molecule has 0 saturated carbocycles. The number of nitrogens with zero attached hydrogens (tertiary/aromatic N) is 1. The Morgan fingerprint density at radius 2 is 1.92 bits per heavy atom. The smallest absolute Gasteiger partial charge is 0.234 e. The van der Waals surface area contributed by atoms with Gasteiger partial charge in [0, 0.05) is 13.2 Å². The number of aliphatic imine (C=N–C) groups is 1. The van der Waals surface area contributed by atoms with Crippen LogP contribution in [0.2, 0.25) is 0 Å². The number of hydrogen-bond donors (Lipinski definition) is 0. The van der Waals surface area contributed by atoms with Crippen molar-refractivity contribution < 1.29 is 9.53 Å². The van der Waals surface area contributed by atoms with E-state index in [1.807, 2.05) is 0 Å². The molecule has 0 saturated heterocycles. The Morgan fingerprint density at radius 3 is 2.62 bits per heavy atom. The predicted octanol–water partition coefficient (Wildman–Crippen LogP) is 2.31. The molecule has 0 aromatic carbocycles. The predicted molar refractivity (Wildman–Crippen MR) is 52.6 cm³/mol. The fourth-order valence-electron chi connectivity index (χ4n) is 1.04. The number of carbonyl (C=O) groups excluding carboxylic acids is 1. The Hall–Kier alpha value is -0.660. The number of ether oxygens (including phenoxy) is 1. The van der Waals surface area contributed by atoms with Gasteiger partial charge in [0.1, 0.15) is 0 Å². The van der Waals surface area contributed by atoms with Crippen LogP contribution in [0, 0.1) is 0 Å². The largest absolute Gasteiger partial charge is 0.381 e. The van der Waals surface area contributed by atoms with Gasteiger partial charge in [0.15, 0.2) is 0 Å². The Kier molecular flexibility index (Phi) is 10.8. The molecular formula is C10H19NO2. The topological polar surface area (TPSA) is 38.7 Å². The van der Waals surface area contributed by atoms with Crippen LogP contribution >= 0.6 is 0 Å². The third kappa shape index (κ3) is 11.3. The zero-order chi connectivity index (χ0) is 9.78. The van der Waals surface area contributed by atoms with Gasteiger partial charge in [-0.3, -0.25) is 0 Å². The Bertz CT molecular complexity index is 142. The van der Waals surface area contributed by atoms with Gasteiger partial charge in [-0.2, -0.15) is 0 Å². The Balaban J connectivity index is 2.87. The van der Waals surface area contributed by atoms with Crippen molar-refractivity contribution in [2.45, 2.75) is 39.0 Å². The van der Waals surface area contributed by atoms with E-state index in [4.69, 9.17) is 4.74 Å². The fourth-order valence-corrected chi connectivity index (χ4v) is 1.04. The van der Waals surface area contributed by atoms with Gasteiger partial charge in [-0.15, -0.1) is 0 Å². The standard InChI is InChI=1S/C10H19NO2/c1-2-8-13-9-6-4-3-5-7-11-10-12/h2-9H2,1H3. The molecule has 0 amide bonds. The van der Waals surface area contributed by atoms with Crippen LogP contribution in [0.3, 0.4) is 0 Å². The van der Waals surface area contributed by atoms with Crippen LogP contribution in [0.4, 0.5) is 0 Å². The first kappa shape index (κ1) is 12.3. The highest BCUT2D eigenvalue weighted by Crippen LogP contribution is 2.00. The van der Waals surface area contributed by atoms with Gasteiger partial charge >= 0.3 is 0 Å². The Morgan fingerprint density at radius 1 is 1.15 bits per heavy atom. The maximum atomic E-state index is 9.70. The van der Waals surface area contributed by atoms with E-state index in [9.17, 15) is 4.79 Å². The van der Waals surface area contributed by atoms with Crippen LogP contribution in [-0.4, -0.2) is 25.8 Å². The first-order chi connectivity index (χ1) is 6.41. The summed E-state index contributed by atoms with van der Waals surface area (Å²) in [6.45, 7) is 4.47. The van der Waals surface area contributed by atoms with Gasteiger partial charge in [-0.25, -0.2) is 9.79 Å². The zero-order valence-electron chi connectivity index (χ0n) is 8.42. The summed E-state index contributed by atoms with van der Waals surface area (Å²) in [4.78, 5) is 13.2. The molecule has 0 radical (unpaired) electrons. The van der Waals surface area contributed by atoms with E-state index in [2.05, 4.69) is 11.9 Å². The van der Waals surface area contributed by atoms with Gasteiger partial charge in [0.25, 0.3) is 0 Å². The van der Waals surface area contributed by atoms with E-state index < -0.39 is 0 Å². The highest BCUT2D eigenvalue weighted by atomic mass is 16.5. The molecule has 0 bridgehead atoms. The van der Waals surface area contributed by atoms with E-state index in [1.165, 1.54) is 6.08 Å². The van der Waals surface area contributed by atoms with E-state index in [0.29, 0.717) is 6.54 Å². The monoisotopic (exact) mass is 185 g/mol. The second-order valence-electron chi connectivity index (χ2n) is 3.00. The Labute approximate surface area is 80.2 Å². The lowest BCUT2D eigenvalue weighted by atomic mass is 10.2. The normalized spacial score (nSPS) is 9.62. The molecule has 3 heteroatoms. The number of hydrogen-bond acceptors (Lipinski definition) is 3. The van der Waals surface area contributed by atoms with Crippen molar-refractivity contribution in [1.82, 2.24) is 0 Å². The lowest BCUT2D eigenvalue weighted by Crippen LogP contribution is -1.95. The summed E-state index contributed by atoms with van der Waals surface area (Å²) in [5, 5.41) is 0. The SMILES string of the molecule is CCCOCCCCCCN=C=O. The third-order valence-corrected chi connectivity index (χ3v) is 1.72. The molecule has 0 atom stereocenters. The van der Waals surface area contributed by atoms with E-state index in [1.54, 1.807) is 0 Å². The lowest BCUT2D eigenvalue weighted by molar-refractivity contribution is 0.130. The summed E-state index contributed by atoms with van der Waals surface area (Å²) in [5.41, 5.74) is 0. The van der Waals surface area contributed by atoms with Crippen molar-refractivity contribution in [2.75, 3.05) is 19.8 Å². The van der Waals surface area contributed by atoms with Crippen LogP contribution in [0.25, 0.3) is 0 Å². The van der Waals surface area contributed by atoms with Crippen molar-refractivity contribution in [2.24, 2.45) is 4.99 Å². The minimum absolute atomic E-state index is 0.624. The maximum absolute atomic E-state index is 9.70. The second kappa shape index (κ2) is 11.3. The summed E-state index contributed by atoms with van der Waals surface area (Å²) in [6, 6.07) is 0. The highest BCUT2D eigenvalue weighted by molar-refractivity contribution is 5.32. The molecule has 3 nitrogen and oxygen atoms in total. The van der Waals surface area contributed by atoms with Crippen LogP contribution in [0.1, 0.15) is 39.0 Å². The summed E-state index contributed by atoms with van der Waals surface area (Å²) in [7, 11) is 0. The van der Waals surface area contributed by atoms with Crippen molar-refractivity contribution >= 4 is 6.08 Å². The molecule has 0 heterocycles.